The summed E-state index contributed by atoms with van der Waals surface area (Å²) < 4.78 is 32.0. The molecule has 0 saturated heterocycles. The molecule has 0 aliphatic carbocycles. The number of aryl methyl sites for hydroxylation is 2. The number of aromatic nitrogens is 2. The van der Waals surface area contributed by atoms with Crippen LogP contribution in [0.25, 0.3) is 0 Å². The SMILES string of the molecule is Cc1noc(CNS(=O)(=O)c2c(C)ccc(N)c2C)n1. The van der Waals surface area contributed by atoms with Crippen LogP contribution in [0.2, 0.25) is 0 Å². The highest BCUT2D eigenvalue weighted by Crippen LogP contribution is 2.24. The topological polar surface area (TPSA) is 111 Å². The summed E-state index contributed by atoms with van der Waals surface area (Å²) in [5.41, 5.74) is 7.36. The first kappa shape index (κ1) is 14.5. The molecule has 7 nitrogen and oxygen atoms in total. The Balaban J connectivity index is 2.29. The van der Waals surface area contributed by atoms with E-state index < -0.39 is 10.0 Å². The third-order valence-corrected chi connectivity index (χ3v) is 4.59. The summed E-state index contributed by atoms with van der Waals surface area (Å²) in [4.78, 5) is 4.13. The molecule has 108 valence electrons. The third-order valence-electron chi connectivity index (χ3n) is 2.90. The van der Waals surface area contributed by atoms with Gasteiger partial charge in [0.25, 0.3) is 0 Å². The van der Waals surface area contributed by atoms with Gasteiger partial charge in [0.05, 0.1) is 11.4 Å². The summed E-state index contributed by atoms with van der Waals surface area (Å²) in [5.74, 6) is 0.667. The molecule has 0 unspecified atom stereocenters. The third kappa shape index (κ3) is 2.81. The fourth-order valence-electron chi connectivity index (χ4n) is 1.90. The Morgan fingerprint density at radius 3 is 2.60 bits per heavy atom. The van der Waals surface area contributed by atoms with Crippen molar-refractivity contribution in [2.75, 3.05) is 5.73 Å². The van der Waals surface area contributed by atoms with Gasteiger partial charge in [0.1, 0.15) is 0 Å². The molecule has 0 radical (unpaired) electrons. The predicted octanol–water partition coefficient (Wildman–Crippen LogP) is 1.06. The average Bonchev–Trinajstić information content (AvgIpc) is 2.78. The molecule has 0 bridgehead atoms. The first-order chi connectivity index (χ1) is 9.31. The van der Waals surface area contributed by atoms with Crippen LogP contribution in [0, 0.1) is 20.8 Å². The molecule has 8 heteroatoms. The number of nitrogens with zero attached hydrogens (tertiary/aromatic N) is 2. The van der Waals surface area contributed by atoms with Gasteiger partial charge in [-0.2, -0.15) is 4.98 Å². The number of hydrogen-bond acceptors (Lipinski definition) is 6. The highest BCUT2D eigenvalue weighted by Gasteiger charge is 2.21. The second-order valence-corrected chi connectivity index (χ2v) is 6.19. The molecule has 0 saturated carbocycles. The van der Waals surface area contributed by atoms with E-state index in [1.54, 1.807) is 32.9 Å². The summed E-state index contributed by atoms with van der Waals surface area (Å²) in [6.45, 7) is 5.00. The molecule has 20 heavy (non-hydrogen) atoms. The minimum absolute atomic E-state index is 0.0587. The van der Waals surface area contributed by atoms with E-state index in [0.29, 0.717) is 22.6 Å². The maximum atomic E-state index is 12.3. The number of benzene rings is 1. The van der Waals surface area contributed by atoms with Crippen LogP contribution in [-0.4, -0.2) is 18.6 Å². The monoisotopic (exact) mass is 296 g/mol. The van der Waals surface area contributed by atoms with E-state index in [0.717, 1.165) is 0 Å². The second kappa shape index (κ2) is 5.22. The summed E-state index contributed by atoms with van der Waals surface area (Å²) >= 11 is 0. The Labute approximate surface area is 117 Å². The zero-order valence-corrected chi connectivity index (χ0v) is 12.3. The van der Waals surface area contributed by atoms with Gasteiger partial charge in [-0.25, -0.2) is 13.1 Å². The number of rotatable bonds is 4. The fourth-order valence-corrected chi connectivity index (χ4v) is 3.37. The normalized spacial score (nSPS) is 11.8. The maximum absolute atomic E-state index is 12.3. The lowest BCUT2D eigenvalue weighted by atomic mass is 10.1. The van der Waals surface area contributed by atoms with E-state index in [-0.39, 0.29) is 17.3 Å². The molecule has 0 aliphatic rings. The molecular weight excluding hydrogens is 280 g/mol. The number of anilines is 1. The van der Waals surface area contributed by atoms with Crippen LogP contribution in [0.3, 0.4) is 0 Å². The van der Waals surface area contributed by atoms with Crippen LogP contribution >= 0.6 is 0 Å². The standard InChI is InChI=1S/C12H16N4O3S/c1-7-4-5-10(13)8(2)12(7)20(17,18)14-6-11-15-9(3)16-19-11/h4-5,14H,6,13H2,1-3H3. The van der Waals surface area contributed by atoms with E-state index in [2.05, 4.69) is 14.9 Å². The number of nitrogen functional groups attached to an aromatic ring is 1. The molecule has 2 aromatic rings. The van der Waals surface area contributed by atoms with E-state index in [9.17, 15) is 8.42 Å². The molecule has 2 rings (SSSR count). The van der Waals surface area contributed by atoms with Gasteiger partial charge in [-0.05, 0) is 38.0 Å². The number of nitrogens with two attached hydrogens (primary N) is 1. The Bertz CT molecular complexity index is 737. The summed E-state index contributed by atoms with van der Waals surface area (Å²) in [7, 11) is -3.69. The molecule has 0 aliphatic heterocycles. The molecule has 1 aromatic heterocycles. The van der Waals surface area contributed by atoms with Gasteiger partial charge in [-0.15, -0.1) is 0 Å². The van der Waals surface area contributed by atoms with Crippen molar-refractivity contribution in [3.63, 3.8) is 0 Å². The zero-order valence-electron chi connectivity index (χ0n) is 11.5. The first-order valence-corrected chi connectivity index (χ1v) is 7.44. The molecule has 0 fully saturated rings. The number of sulfonamides is 1. The molecular formula is C12H16N4O3S. The van der Waals surface area contributed by atoms with E-state index in [1.165, 1.54) is 0 Å². The summed E-state index contributed by atoms with van der Waals surface area (Å²) in [6.07, 6.45) is 0. The second-order valence-electron chi connectivity index (χ2n) is 4.49. The number of hydrogen-bond donors (Lipinski definition) is 2. The van der Waals surface area contributed by atoms with Crippen molar-refractivity contribution in [3.05, 3.63) is 35.0 Å². The van der Waals surface area contributed by atoms with Crippen LogP contribution in [0.5, 0.6) is 0 Å². The van der Waals surface area contributed by atoms with Crippen LogP contribution < -0.4 is 10.5 Å². The maximum Gasteiger partial charge on any atom is 0.241 e. The van der Waals surface area contributed by atoms with Crippen LogP contribution in [0.4, 0.5) is 5.69 Å². The molecule has 0 amide bonds. The Hall–Kier alpha value is -1.93. The number of nitrogens with one attached hydrogen (secondary N) is 1. The molecule has 0 atom stereocenters. The van der Waals surface area contributed by atoms with Crippen molar-refractivity contribution in [3.8, 4) is 0 Å². The van der Waals surface area contributed by atoms with Crippen LogP contribution in [0.1, 0.15) is 22.8 Å². The Morgan fingerprint density at radius 2 is 2.00 bits per heavy atom. The first-order valence-electron chi connectivity index (χ1n) is 5.96. The highest BCUT2D eigenvalue weighted by atomic mass is 32.2. The lowest BCUT2D eigenvalue weighted by molar-refractivity contribution is 0.372. The van der Waals surface area contributed by atoms with Gasteiger partial charge >= 0.3 is 0 Å². The van der Waals surface area contributed by atoms with Crippen molar-refractivity contribution in [2.45, 2.75) is 32.2 Å². The fraction of sp³-hybridized carbons (Fsp3) is 0.333. The van der Waals surface area contributed by atoms with Crippen molar-refractivity contribution in [1.29, 1.82) is 0 Å². The molecule has 1 heterocycles. The lowest BCUT2D eigenvalue weighted by Crippen LogP contribution is -2.25. The van der Waals surface area contributed by atoms with Crippen LogP contribution in [-0.2, 0) is 16.6 Å². The van der Waals surface area contributed by atoms with E-state index in [4.69, 9.17) is 10.3 Å². The van der Waals surface area contributed by atoms with E-state index in [1.807, 2.05) is 0 Å². The van der Waals surface area contributed by atoms with Gasteiger partial charge < -0.3 is 10.3 Å². The molecule has 1 aromatic carbocycles. The summed E-state index contributed by atoms with van der Waals surface area (Å²) in [5, 5.41) is 3.60. The minimum Gasteiger partial charge on any atom is -0.398 e. The van der Waals surface area contributed by atoms with E-state index >= 15 is 0 Å². The quantitative estimate of drug-likeness (QED) is 0.816. The predicted molar refractivity (Wildman–Crippen MR) is 73.4 cm³/mol. The van der Waals surface area contributed by atoms with Gasteiger partial charge in [-0.1, -0.05) is 11.2 Å². The van der Waals surface area contributed by atoms with Gasteiger partial charge in [0.2, 0.25) is 15.9 Å². The minimum atomic E-state index is -3.69. The van der Waals surface area contributed by atoms with Crippen molar-refractivity contribution in [1.82, 2.24) is 14.9 Å². The lowest BCUT2D eigenvalue weighted by Gasteiger charge is -2.12. The summed E-state index contributed by atoms with van der Waals surface area (Å²) in [6, 6.07) is 3.36. The average molecular weight is 296 g/mol. The van der Waals surface area contributed by atoms with Gasteiger partial charge in [0.15, 0.2) is 5.82 Å². The smallest absolute Gasteiger partial charge is 0.241 e. The van der Waals surface area contributed by atoms with Gasteiger partial charge in [0, 0.05) is 5.69 Å². The van der Waals surface area contributed by atoms with Crippen LogP contribution in [0.15, 0.2) is 21.6 Å². The molecule has 3 N–H and O–H groups in total. The Morgan fingerprint density at radius 1 is 1.30 bits per heavy atom. The van der Waals surface area contributed by atoms with Gasteiger partial charge in [-0.3, -0.25) is 0 Å². The van der Waals surface area contributed by atoms with Crippen molar-refractivity contribution in [2.24, 2.45) is 0 Å². The van der Waals surface area contributed by atoms with Crippen molar-refractivity contribution < 1.29 is 12.9 Å². The molecule has 0 spiro atoms. The largest absolute Gasteiger partial charge is 0.398 e. The van der Waals surface area contributed by atoms with Crippen molar-refractivity contribution >= 4 is 15.7 Å². The zero-order chi connectivity index (χ0) is 14.9. The highest BCUT2D eigenvalue weighted by molar-refractivity contribution is 7.89. The Kier molecular flexibility index (Phi) is 3.78.